The fourth-order valence-electron chi connectivity index (χ4n) is 2.38. The van der Waals surface area contributed by atoms with Crippen LogP contribution in [-0.4, -0.2) is 8.80 Å². The number of allylic oxidation sites excluding steroid dienone is 4. The van der Waals surface area contributed by atoms with Gasteiger partial charge in [0.1, 0.15) is 0 Å². The van der Waals surface area contributed by atoms with E-state index in [9.17, 15) is 0 Å². The molecule has 0 unspecified atom stereocenters. The zero-order valence-corrected chi connectivity index (χ0v) is 14.6. The van der Waals surface area contributed by atoms with Crippen molar-refractivity contribution in [2.75, 3.05) is 0 Å². The van der Waals surface area contributed by atoms with Gasteiger partial charge in [-0.1, -0.05) is 24.2 Å². The van der Waals surface area contributed by atoms with Crippen LogP contribution < -0.4 is 24.8 Å². The smallest absolute Gasteiger partial charge is 1.00 e. The molecule has 0 aromatic heterocycles. The summed E-state index contributed by atoms with van der Waals surface area (Å²) < 4.78 is 0. The van der Waals surface area contributed by atoms with Gasteiger partial charge in [0, 0.05) is 8.80 Å². The van der Waals surface area contributed by atoms with Gasteiger partial charge in [-0.25, -0.2) is 0 Å². The van der Waals surface area contributed by atoms with E-state index in [-0.39, 0.29) is 46.5 Å². The Labute approximate surface area is 123 Å². The van der Waals surface area contributed by atoms with Crippen LogP contribution in [0.25, 0.3) is 0 Å². The minimum atomic E-state index is -0.531. The monoisotopic (exact) mass is 298 g/mol. The van der Waals surface area contributed by atoms with Crippen LogP contribution in [0.15, 0.2) is 22.3 Å². The number of hydrogen-bond acceptors (Lipinski definition) is 0. The maximum absolute atomic E-state index is 2.45. The van der Waals surface area contributed by atoms with Crippen molar-refractivity contribution in [3.05, 3.63) is 22.3 Å². The molecule has 0 saturated carbocycles. The third-order valence-corrected chi connectivity index (χ3v) is 5.68. The van der Waals surface area contributed by atoms with Crippen LogP contribution in [0, 0.1) is 0 Å². The molecule has 0 aromatic carbocycles. The maximum Gasteiger partial charge on any atom is 2.00 e. The van der Waals surface area contributed by atoms with Gasteiger partial charge in [0.05, 0.1) is 0 Å². The van der Waals surface area contributed by atoms with Crippen LogP contribution in [-0.2, 0) is 21.7 Å². The van der Waals surface area contributed by atoms with Crippen molar-refractivity contribution in [2.45, 2.75) is 46.3 Å². The van der Waals surface area contributed by atoms with Gasteiger partial charge in [-0.3, -0.25) is 0 Å². The van der Waals surface area contributed by atoms with Crippen LogP contribution in [0.5, 0.6) is 0 Å². The summed E-state index contributed by atoms with van der Waals surface area (Å²) in [6.07, 6.45) is 0. The second kappa shape index (κ2) is 8.14. The van der Waals surface area contributed by atoms with E-state index in [2.05, 4.69) is 40.8 Å². The molecule has 15 heavy (non-hydrogen) atoms. The molecule has 0 aromatic rings. The topological polar surface area (TPSA) is 0 Å². The fourth-order valence-corrected chi connectivity index (χ4v) is 4.88. The molecule has 1 aliphatic carbocycles. The zero-order chi connectivity index (χ0) is 9.46. The van der Waals surface area contributed by atoms with E-state index < -0.39 is 8.80 Å². The molecule has 0 fully saturated rings. The molecule has 0 radical (unpaired) electrons. The Bertz CT molecular complexity index is 246. The van der Waals surface area contributed by atoms with Crippen molar-refractivity contribution in [2.24, 2.45) is 0 Å². The van der Waals surface area contributed by atoms with Crippen molar-refractivity contribution in [3.63, 3.8) is 0 Å². The molecule has 0 atom stereocenters. The van der Waals surface area contributed by atoms with E-state index in [4.69, 9.17) is 0 Å². The van der Waals surface area contributed by atoms with Gasteiger partial charge in [-0.2, -0.15) is 0 Å². The van der Waals surface area contributed by atoms with Gasteiger partial charge in [0.2, 0.25) is 0 Å². The first-order valence-electron chi connectivity index (χ1n) is 4.82. The number of halogens is 2. The van der Waals surface area contributed by atoms with Gasteiger partial charge in [0.25, 0.3) is 0 Å². The molecule has 4 heteroatoms. The van der Waals surface area contributed by atoms with Crippen molar-refractivity contribution in [3.8, 4) is 0 Å². The SMILES string of the molecule is CC1=C(C)C([SiH](C)C)C(C)=C1C.[Cl-].[Cl-].[Ti+2]. The molecule has 0 aliphatic heterocycles. The fraction of sp³-hybridized carbons (Fsp3) is 0.636. The maximum atomic E-state index is 2.45. The second-order valence-corrected chi connectivity index (χ2v) is 7.49. The van der Waals surface area contributed by atoms with Crippen molar-refractivity contribution >= 4 is 8.80 Å². The molecular weight excluding hydrogens is 279 g/mol. The predicted molar refractivity (Wildman–Crippen MR) is 59.4 cm³/mol. The summed E-state index contributed by atoms with van der Waals surface area (Å²) >= 11 is 0. The van der Waals surface area contributed by atoms with E-state index in [1.807, 2.05) is 0 Å². The Balaban J connectivity index is -0.000000480. The van der Waals surface area contributed by atoms with Crippen LogP contribution in [0.2, 0.25) is 18.6 Å². The summed E-state index contributed by atoms with van der Waals surface area (Å²) in [5, 5.41) is 0. The first kappa shape index (κ1) is 21.3. The van der Waals surface area contributed by atoms with Crippen molar-refractivity contribution in [1.82, 2.24) is 0 Å². The van der Waals surface area contributed by atoms with Gasteiger partial charge < -0.3 is 24.8 Å². The summed E-state index contributed by atoms with van der Waals surface area (Å²) in [6, 6.07) is 0. The molecule has 0 spiro atoms. The Morgan fingerprint density at radius 1 is 0.800 bits per heavy atom. The summed E-state index contributed by atoms with van der Waals surface area (Å²) in [7, 11) is -0.531. The molecule has 0 bridgehead atoms. The Kier molecular flexibility index (Phi) is 11.6. The largest absolute Gasteiger partial charge is 2.00 e. The second-order valence-electron chi connectivity index (χ2n) is 4.34. The standard InChI is InChI=1S/C11H20Si.2ClH.Ti/c1-7-8(2)10(4)11(9(7)3)12(5)6;;;/h11-12H,1-6H3;2*1H;/q;;;+2/p-2. The van der Waals surface area contributed by atoms with Gasteiger partial charge in [0.15, 0.2) is 0 Å². The quantitative estimate of drug-likeness (QED) is 0.471. The van der Waals surface area contributed by atoms with Crippen LogP contribution in [0.1, 0.15) is 27.7 Å². The molecule has 86 valence electrons. The molecule has 0 N–H and O–H groups in total. The third-order valence-electron chi connectivity index (χ3n) is 3.35. The summed E-state index contributed by atoms with van der Waals surface area (Å²) in [6.45, 7) is 14.1. The number of rotatable bonds is 1. The van der Waals surface area contributed by atoms with Gasteiger partial charge in [-0.15, -0.1) is 0 Å². The molecule has 0 saturated heterocycles. The Hall–Kier alpha value is 0.991. The van der Waals surface area contributed by atoms with E-state index in [0.717, 1.165) is 5.54 Å². The van der Waals surface area contributed by atoms with Crippen LogP contribution in [0.4, 0.5) is 0 Å². The van der Waals surface area contributed by atoms with E-state index in [1.54, 1.807) is 22.3 Å². The first-order valence-corrected chi connectivity index (χ1v) is 7.79. The predicted octanol–water partition coefficient (Wildman–Crippen LogP) is -2.46. The average molecular weight is 299 g/mol. The molecule has 0 heterocycles. The molecule has 0 nitrogen and oxygen atoms in total. The minimum absolute atomic E-state index is 0. The van der Waals surface area contributed by atoms with E-state index in [1.165, 1.54) is 0 Å². The Morgan fingerprint density at radius 3 is 1.20 bits per heavy atom. The minimum Gasteiger partial charge on any atom is -1.00 e. The Morgan fingerprint density at radius 2 is 1.07 bits per heavy atom. The van der Waals surface area contributed by atoms with Crippen molar-refractivity contribution < 1.29 is 46.5 Å². The average Bonchev–Trinajstić information content (AvgIpc) is 2.16. The van der Waals surface area contributed by atoms with Crippen LogP contribution >= 0.6 is 0 Å². The molecular formula is C11H20Cl2SiTi. The normalized spacial score (nSPS) is 16.2. The van der Waals surface area contributed by atoms with Crippen LogP contribution in [0.3, 0.4) is 0 Å². The van der Waals surface area contributed by atoms with Crippen molar-refractivity contribution in [1.29, 1.82) is 0 Å². The van der Waals surface area contributed by atoms with Gasteiger partial charge in [-0.05, 0) is 44.4 Å². The van der Waals surface area contributed by atoms with Gasteiger partial charge >= 0.3 is 21.7 Å². The van der Waals surface area contributed by atoms with E-state index in [0.29, 0.717) is 0 Å². The molecule has 1 rings (SSSR count). The zero-order valence-electron chi connectivity index (χ0n) is 10.4. The summed E-state index contributed by atoms with van der Waals surface area (Å²) in [5.74, 6) is 0. The number of hydrogen-bond donors (Lipinski definition) is 0. The first-order chi connectivity index (χ1) is 5.46. The van der Waals surface area contributed by atoms with E-state index >= 15 is 0 Å². The molecule has 0 amide bonds. The summed E-state index contributed by atoms with van der Waals surface area (Å²) in [4.78, 5) is 0. The third kappa shape index (κ3) is 4.05. The summed E-state index contributed by atoms with van der Waals surface area (Å²) in [5.41, 5.74) is 7.25. The molecule has 1 aliphatic rings.